The fourth-order valence-corrected chi connectivity index (χ4v) is 4.38. The lowest BCUT2D eigenvalue weighted by Gasteiger charge is -2.27. The number of hydrogen-bond acceptors (Lipinski definition) is 5. The van der Waals surface area contributed by atoms with Crippen LogP contribution < -0.4 is 19.7 Å². The van der Waals surface area contributed by atoms with Crippen molar-refractivity contribution in [3.63, 3.8) is 0 Å². The van der Waals surface area contributed by atoms with Crippen LogP contribution >= 0.6 is 0 Å². The van der Waals surface area contributed by atoms with E-state index < -0.39 is 0 Å². The molecule has 0 atom stereocenters. The molecule has 1 N–H and O–H groups in total. The largest absolute Gasteiger partial charge is 0.497 e. The van der Waals surface area contributed by atoms with Crippen LogP contribution in [0.25, 0.3) is 11.3 Å². The molecule has 4 aromatic rings. The van der Waals surface area contributed by atoms with Crippen molar-refractivity contribution in [2.45, 2.75) is 26.4 Å². The lowest BCUT2D eigenvalue weighted by molar-refractivity contribution is -0.119. The SMILES string of the molecule is COc1ccc(-c2cc3n(n2)CCC(=O)N3Cc2ccc(C(=O)Nc3cc(C)ccc3OC)cc2)cc1. The summed E-state index contributed by atoms with van der Waals surface area (Å²) >= 11 is 0. The molecule has 2 amide bonds. The minimum Gasteiger partial charge on any atom is -0.497 e. The molecule has 0 saturated carbocycles. The predicted octanol–water partition coefficient (Wildman–Crippen LogP) is 5.06. The van der Waals surface area contributed by atoms with Gasteiger partial charge < -0.3 is 14.8 Å². The van der Waals surface area contributed by atoms with E-state index in [0.29, 0.717) is 36.5 Å². The van der Waals surface area contributed by atoms with Crippen LogP contribution in [-0.2, 0) is 17.9 Å². The molecule has 37 heavy (non-hydrogen) atoms. The first-order valence-electron chi connectivity index (χ1n) is 12.0. The number of aromatic nitrogens is 2. The van der Waals surface area contributed by atoms with Crippen molar-refractivity contribution in [1.82, 2.24) is 9.78 Å². The van der Waals surface area contributed by atoms with Gasteiger partial charge in [0.1, 0.15) is 17.3 Å². The van der Waals surface area contributed by atoms with E-state index in [9.17, 15) is 9.59 Å². The quantitative estimate of drug-likeness (QED) is 0.386. The number of aryl methyl sites for hydroxylation is 2. The maximum atomic E-state index is 12.8. The molecule has 0 aliphatic carbocycles. The van der Waals surface area contributed by atoms with Crippen molar-refractivity contribution in [2.24, 2.45) is 0 Å². The van der Waals surface area contributed by atoms with Crippen molar-refractivity contribution >= 4 is 23.3 Å². The summed E-state index contributed by atoms with van der Waals surface area (Å²) in [6.07, 6.45) is 0.384. The van der Waals surface area contributed by atoms with Gasteiger partial charge in [-0.2, -0.15) is 5.10 Å². The van der Waals surface area contributed by atoms with Crippen molar-refractivity contribution in [1.29, 1.82) is 0 Å². The number of nitrogens with zero attached hydrogens (tertiary/aromatic N) is 3. The number of fused-ring (bicyclic) bond motifs is 1. The first kappa shape index (κ1) is 24.1. The molecule has 1 aromatic heterocycles. The van der Waals surface area contributed by atoms with Crippen molar-refractivity contribution in [3.8, 4) is 22.8 Å². The van der Waals surface area contributed by atoms with Crippen LogP contribution in [0.1, 0.15) is 27.9 Å². The number of benzene rings is 3. The molecule has 0 spiro atoms. The number of hydrogen-bond donors (Lipinski definition) is 1. The van der Waals surface area contributed by atoms with Crippen LogP contribution in [0.3, 0.4) is 0 Å². The first-order valence-corrected chi connectivity index (χ1v) is 12.0. The van der Waals surface area contributed by atoms with Crippen LogP contribution in [0, 0.1) is 6.92 Å². The summed E-state index contributed by atoms with van der Waals surface area (Å²) < 4.78 is 12.5. The van der Waals surface area contributed by atoms with E-state index in [1.165, 1.54) is 0 Å². The van der Waals surface area contributed by atoms with E-state index in [1.807, 2.05) is 72.3 Å². The number of amides is 2. The Morgan fingerprint density at radius 3 is 2.43 bits per heavy atom. The number of carbonyl (C=O) groups excluding carboxylic acids is 2. The van der Waals surface area contributed by atoms with Gasteiger partial charge in [-0.15, -0.1) is 0 Å². The highest BCUT2D eigenvalue weighted by atomic mass is 16.5. The topological polar surface area (TPSA) is 85.7 Å². The van der Waals surface area contributed by atoms with Gasteiger partial charge in [0.15, 0.2) is 0 Å². The van der Waals surface area contributed by atoms with Gasteiger partial charge in [-0.1, -0.05) is 18.2 Å². The molecular weight excluding hydrogens is 468 g/mol. The fraction of sp³-hybridized carbons (Fsp3) is 0.207. The average molecular weight is 497 g/mol. The number of carbonyl (C=O) groups is 2. The van der Waals surface area contributed by atoms with E-state index >= 15 is 0 Å². The minimum absolute atomic E-state index is 0.0436. The van der Waals surface area contributed by atoms with Crippen LogP contribution in [-0.4, -0.2) is 35.8 Å². The molecule has 0 unspecified atom stereocenters. The third-order valence-corrected chi connectivity index (χ3v) is 6.42. The lowest BCUT2D eigenvalue weighted by Crippen LogP contribution is -2.36. The Morgan fingerprint density at radius 1 is 0.973 bits per heavy atom. The van der Waals surface area contributed by atoms with Gasteiger partial charge in [-0.05, 0) is 66.6 Å². The molecule has 0 bridgehead atoms. The van der Waals surface area contributed by atoms with Gasteiger partial charge in [0, 0.05) is 23.6 Å². The number of rotatable bonds is 7. The van der Waals surface area contributed by atoms with Crippen molar-refractivity contribution < 1.29 is 19.1 Å². The maximum Gasteiger partial charge on any atom is 0.255 e. The molecular formula is C29H28N4O4. The van der Waals surface area contributed by atoms with Crippen LogP contribution in [0.4, 0.5) is 11.5 Å². The van der Waals surface area contributed by atoms with Gasteiger partial charge >= 0.3 is 0 Å². The zero-order chi connectivity index (χ0) is 25.9. The van der Waals surface area contributed by atoms with E-state index in [-0.39, 0.29) is 11.8 Å². The van der Waals surface area contributed by atoms with E-state index in [1.54, 1.807) is 31.3 Å². The molecule has 8 nitrogen and oxygen atoms in total. The second-order valence-corrected chi connectivity index (χ2v) is 8.92. The smallest absolute Gasteiger partial charge is 0.255 e. The summed E-state index contributed by atoms with van der Waals surface area (Å²) in [6.45, 7) is 2.89. The number of ether oxygens (including phenoxy) is 2. The standard InChI is InChI=1S/C29H28N4O4/c1-19-4-13-26(37-3)25(16-19)30-29(35)22-7-5-20(6-8-22)18-32-27-17-24(31-33(27)15-14-28(32)34)21-9-11-23(36-2)12-10-21/h4-13,16-17H,14-15,18H2,1-3H3,(H,30,35). The number of anilines is 2. The summed E-state index contributed by atoms with van der Waals surface area (Å²) in [6, 6.07) is 22.5. The van der Waals surface area contributed by atoms with Crippen LogP contribution in [0.2, 0.25) is 0 Å². The highest BCUT2D eigenvalue weighted by molar-refractivity contribution is 6.05. The van der Waals surface area contributed by atoms with Crippen molar-refractivity contribution in [2.75, 3.05) is 24.4 Å². The summed E-state index contributed by atoms with van der Waals surface area (Å²) in [5.74, 6) is 1.95. The van der Waals surface area contributed by atoms with Crippen LogP contribution in [0.5, 0.6) is 11.5 Å². The summed E-state index contributed by atoms with van der Waals surface area (Å²) in [5.41, 5.74) is 4.83. The monoisotopic (exact) mass is 496 g/mol. The molecule has 0 saturated heterocycles. The Morgan fingerprint density at radius 2 is 1.73 bits per heavy atom. The number of methoxy groups -OCH3 is 2. The summed E-state index contributed by atoms with van der Waals surface area (Å²) in [5, 5.41) is 7.64. The molecule has 3 aromatic carbocycles. The molecule has 5 rings (SSSR count). The summed E-state index contributed by atoms with van der Waals surface area (Å²) in [4.78, 5) is 27.4. The third-order valence-electron chi connectivity index (χ3n) is 6.42. The van der Waals surface area contributed by atoms with E-state index in [2.05, 4.69) is 5.32 Å². The average Bonchev–Trinajstić information content (AvgIpc) is 3.35. The molecule has 2 heterocycles. The molecule has 188 valence electrons. The molecule has 0 radical (unpaired) electrons. The van der Waals surface area contributed by atoms with Gasteiger partial charge in [-0.25, -0.2) is 4.68 Å². The lowest BCUT2D eigenvalue weighted by atomic mass is 10.1. The van der Waals surface area contributed by atoms with Gasteiger partial charge in [-0.3, -0.25) is 14.5 Å². The highest BCUT2D eigenvalue weighted by Crippen LogP contribution is 2.30. The molecule has 8 heteroatoms. The Hall–Kier alpha value is -4.59. The zero-order valence-corrected chi connectivity index (χ0v) is 21.0. The highest BCUT2D eigenvalue weighted by Gasteiger charge is 2.26. The Balaban J connectivity index is 1.32. The molecule has 1 aliphatic heterocycles. The zero-order valence-electron chi connectivity index (χ0n) is 21.0. The third kappa shape index (κ3) is 5.04. The second-order valence-electron chi connectivity index (χ2n) is 8.92. The van der Waals surface area contributed by atoms with E-state index in [4.69, 9.17) is 14.6 Å². The van der Waals surface area contributed by atoms with Gasteiger partial charge in [0.05, 0.1) is 38.7 Å². The second kappa shape index (κ2) is 10.2. The van der Waals surface area contributed by atoms with Crippen LogP contribution in [0.15, 0.2) is 72.8 Å². The Kier molecular flexibility index (Phi) is 6.64. The van der Waals surface area contributed by atoms with E-state index in [0.717, 1.165) is 34.0 Å². The molecule has 1 aliphatic rings. The molecule has 0 fully saturated rings. The van der Waals surface area contributed by atoms with Crippen molar-refractivity contribution in [3.05, 3.63) is 89.5 Å². The van der Waals surface area contributed by atoms with Gasteiger partial charge in [0.2, 0.25) is 5.91 Å². The predicted molar refractivity (Wildman–Crippen MR) is 142 cm³/mol. The maximum absolute atomic E-state index is 12.8. The first-order chi connectivity index (χ1) is 17.9. The Bertz CT molecular complexity index is 1440. The van der Waals surface area contributed by atoms with Gasteiger partial charge in [0.25, 0.3) is 5.91 Å². The fourth-order valence-electron chi connectivity index (χ4n) is 4.38. The summed E-state index contributed by atoms with van der Waals surface area (Å²) in [7, 11) is 3.21. The normalized spacial score (nSPS) is 12.7. The Labute approximate surface area is 215 Å². The minimum atomic E-state index is -0.230. The number of nitrogens with one attached hydrogen (secondary N) is 1.